The monoisotopic (exact) mass is 424 g/mol. The number of hydrogen-bond donors (Lipinski definition) is 0. The molecule has 4 rings (SSSR count). The van der Waals surface area contributed by atoms with Gasteiger partial charge in [0.15, 0.2) is 0 Å². The first-order valence-corrected chi connectivity index (χ1v) is 9.42. The Morgan fingerprint density at radius 3 is 2.67 bits per heavy atom. The average molecular weight is 425 g/mol. The molecule has 2 aromatic carbocycles. The van der Waals surface area contributed by atoms with Crippen molar-refractivity contribution in [1.82, 2.24) is 9.38 Å². The van der Waals surface area contributed by atoms with Crippen LogP contribution >= 0.6 is 15.9 Å². The van der Waals surface area contributed by atoms with Gasteiger partial charge in [-0.25, -0.2) is 9.37 Å². The first kappa shape index (κ1) is 17.7. The van der Waals surface area contributed by atoms with Crippen molar-refractivity contribution in [2.45, 2.75) is 20.5 Å². The minimum Gasteiger partial charge on any atom is -0.489 e. The third-order valence-electron chi connectivity index (χ3n) is 4.55. The largest absolute Gasteiger partial charge is 0.489 e. The van der Waals surface area contributed by atoms with Gasteiger partial charge < -0.3 is 9.14 Å². The number of aryl methyl sites for hydroxylation is 2. The fourth-order valence-electron chi connectivity index (χ4n) is 3.06. The fourth-order valence-corrected chi connectivity index (χ4v) is 3.39. The van der Waals surface area contributed by atoms with Gasteiger partial charge >= 0.3 is 0 Å². The molecule has 0 spiro atoms. The number of halogens is 2. The first-order chi connectivity index (χ1) is 13.0. The molecular formula is C22H18BrFN2O. The molecule has 0 aliphatic carbocycles. The molecule has 27 heavy (non-hydrogen) atoms. The summed E-state index contributed by atoms with van der Waals surface area (Å²) >= 11 is 3.26. The number of fused-ring (bicyclic) bond motifs is 1. The molecule has 0 saturated heterocycles. The summed E-state index contributed by atoms with van der Waals surface area (Å²) in [7, 11) is 0. The Balaban J connectivity index is 1.57. The van der Waals surface area contributed by atoms with Crippen LogP contribution in [-0.4, -0.2) is 9.38 Å². The van der Waals surface area contributed by atoms with Gasteiger partial charge in [-0.1, -0.05) is 28.1 Å². The second kappa shape index (κ2) is 7.16. The molecule has 0 fully saturated rings. The van der Waals surface area contributed by atoms with Crippen LogP contribution < -0.4 is 4.74 Å². The number of aromatic nitrogens is 2. The Labute approximate surface area is 165 Å². The maximum absolute atomic E-state index is 14.0. The normalized spacial score (nSPS) is 11.1. The molecule has 0 bridgehead atoms. The molecule has 0 aliphatic heterocycles. The molecule has 0 aliphatic rings. The average Bonchev–Trinajstić information content (AvgIpc) is 3.08. The number of rotatable bonds is 4. The maximum atomic E-state index is 14.0. The van der Waals surface area contributed by atoms with E-state index < -0.39 is 0 Å². The van der Waals surface area contributed by atoms with Crippen molar-refractivity contribution in [1.29, 1.82) is 0 Å². The van der Waals surface area contributed by atoms with E-state index in [1.807, 2.05) is 54.0 Å². The second-order valence-electron chi connectivity index (χ2n) is 6.55. The summed E-state index contributed by atoms with van der Waals surface area (Å²) in [6, 6.07) is 15.0. The van der Waals surface area contributed by atoms with Gasteiger partial charge in [0.2, 0.25) is 0 Å². The Kier molecular flexibility index (Phi) is 4.70. The molecule has 5 heteroatoms. The number of benzene rings is 2. The van der Waals surface area contributed by atoms with E-state index in [1.165, 1.54) is 6.07 Å². The lowest BCUT2D eigenvalue weighted by Gasteiger charge is -2.11. The molecule has 3 nitrogen and oxygen atoms in total. The predicted octanol–water partition coefficient (Wildman–Crippen LogP) is 6.10. The second-order valence-corrected chi connectivity index (χ2v) is 7.47. The molecule has 0 unspecified atom stereocenters. The summed E-state index contributed by atoms with van der Waals surface area (Å²) in [5.41, 5.74) is 5.54. The molecule has 0 N–H and O–H groups in total. The van der Waals surface area contributed by atoms with E-state index in [4.69, 9.17) is 9.72 Å². The lowest BCUT2D eigenvalue weighted by Crippen LogP contribution is -2.00. The van der Waals surface area contributed by atoms with Gasteiger partial charge in [-0.05, 0) is 61.4 Å². The Morgan fingerprint density at radius 2 is 1.93 bits per heavy atom. The van der Waals surface area contributed by atoms with Crippen molar-refractivity contribution in [3.63, 3.8) is 0 Å². The standard InChI is InChI=1S/C22H18BrFN2O/c1-14-4-3-9-26-12-20(25-22(14)26)16-6-8-21(15(2)10-16)27-13-17-5-7-18(23)11-19(17)24/h3-12H,13H2,1-2H3. The van der Waals surface area contributed by atoms with Gasteiger partial charge in [0, 0.05) is 28.0 Å². The maximum Gasteiger partial charge on any atom is 0.140 e. The fraction of sp³-hybridized carbons (Fsp3) is 0.136. The van der Waals surface area contributed by atoms with Gasteiger partial charge in [-0.2, -0.15) is 0 Å². The highest BCUT2D eigenvalue weighted by Crippen LogP contribution is 2.27. The van der Waals surface area contributed by atoms with E-state index in [9.17, 15) is 4.39 Å². The van der Waals surface area contributed by atoms with Crippen LogP contribution in [0.2, 0.25) is 0 Å². The highest BCUT2D eigenvalue weighted by molar-refractivity contribution is 9.10. The molecule has 0 saturated carbocycles. The SMILES string of the molecule is Cc1cc(-c2cn3cccc(C)c3n2)ccc1OCc1ccc(Br)cc1F. The molecule has 0 amide bonds. The molecule has 2 heterocycles. The van der Waals surface area contributed by atoms with Gasteiger partial charge in [-0.3, -0.25) is 0 Å². The van der Waals surface area contributed by atoms with Crippen LogP contribution in [0.3, 0.4) is 0 Å². The number of pyridine rings is 1. The summed E-state index contributed by atoms with van der Waals surface area (Å²) in [5.74, 6) is 0.458. The van der Waals surface area contributed by atoms with Crippen LogP contribution in [0.1, 0.15) is 16.7 Å². The van der Waals surface area contributed by atoms with E-state index in [0.29, 0.717) is 10.0 Å². The Morgan fingerprint density at radius 1 is 1.07 bits per heavy atom. The summed E-state index contributed by atoms with van der Waals surface area (Å²) in [4.78, 5) is 4.73. The lowest BCUT2D eigenvalue weighted by atomic mass is 10.1. The minimum atomic E-state index is -0.279. The van der Waals surface area contributed by atoms with Crippen LogP contribution in [0.4, 0.5) is 4.39 Å². The van der Waals surface area contributed by atoms with Gasteiger partial charge in [0.25, 0.3) is 0 Å². The number of imidazole rings is 1. The van der Waals surface area contributed by atoms with E-state index in [1.54, 1.807) is 6.07 Å². The molecule has 136 valence electrons. The summed E-state index contributed by atoms with van der Waals surface area (Å²) in [5, 5.41) is 0. The van der Waals surface area contributed by atoms with Crippen molar-refractivity contribution in [2.24, 2.45) is 0 Å². The van der Waals surface area contributed by atoms with Gasteiger partial charge in [0.05, 0.1) is 5.69 Å². The van der Waals surface area contributed by atoms with Crippen molar-refractivity contribution in [3.8, 4) is 17.0 Å². The molecule has 0 atom stereocenters. The van der Waals surface area contributed by atoms with E-state index in [0.717, 1.165) is 33.8 Å². The predicted molar refractivity (Wildman–Crippen MR) is 109 cm³/mol. The van der Waals surface area contributed by atoms with Crippen LogP contribution in [0, 0.1) is 19.7 Å². The summed E-state index contributed by atoms with van der Waals surface area (Å²) in [6.45, 7) is 4.22. The molecule has 2 aromatic heterocycles. The summed E-state index contributed by atoms with van der Waals surface area (Å²) in [6.07, 6.45) is 4.02. The Bertz CT molecular complexity index is 1140. The number of hydrogen-bond acceptors (Lipinski definition) is 2. The first-order valence-electron chi connectivity index (χ1n) is 8.63. The Hall–Kier alpha value is -2.66. The van der Waals surface area contributed by atoms with Crippen LogP contribution in [0.25, 0.3) is 16.9 Å². The minimum absolute atomic E-state index is 0.187. The highest BCUT2D eigenvalue weighted by Gasteiger charge is 2.10. The highest BCUT2D eigenvalue weighted by atomic mass is 79.9. The van der Waals surface area contributed by atoms with Crippen molar-refractivity contribution < 1.29 is 9.13 Å². The van der Waals surface area contributed by atoms with Gasteiger partial charge in [0.1, 0.15) is 23.8 Å². The van der Waals surface area contributed by atoms with Crippen molar-refractivity contribution in [2.75, 3.05) is 0 Å². The molecular weight excluding hydrogens is 407 g/mol. The van der Waals surface area contributed by atoms with Crippen LogP contribution in [0.5, 0.6) is 5.75 Å². The third kappa shape index (κ3) is 3.60. The third-order valence-corrected chi connectivity index (χ3v) is 5.04. The zero-order chi connectivity index (χ0) is 19.0. The van der Waals surface area contributed by atoms with Gasteiger partial charge in [-0.15, -0.1) is 0 Å². The molecule has 0 radical (unpaired) electrons. The van der Waals surface area contributed by atoms with E-state index >= 15 is 0 Å². The van der Waals surface area contributed by atoms with Crippen LogP contribution in [0.15, 0.2) is 65.4 Å². The van der Waals surface area contributed by atoms with Crippen molar-refractivity contribution >= 4 is 21.6 Å². The molecule has 4 aromatic rings. The zero-order valence-corrected chi connectivity index (χ0v) is 16.6. The lowest BCUT2D eigenvalue weighted by molar-refractivity contribution is 0.298. The van der Waals surface area contributed by atoms with Crippen LogP contribution in [-0.2, 0) is 6.61 Å². The zero-order valence-electron chi connectivity index (χ0n) is 15.0. The number of ether oxygens (including phenoxy) is 1. The quantitative estimate of drug-likeness (QED) is 0.395. The van der Waals surface area contributed by atoms with E-state index in [2.05, 4.69) is 28.9 Å². The van der Waals surface area contributed by atoms with E-state index in [-0.39, 0.29) is 12.4 Å². The topological polar surface area (TPSA) is 26.5 Å². The summed E-state index contributed by atoms with van der Waals surface area (Å²) < 4.78 is 22.5. The smallest absolute Gasteiger partial charge is 0.140 e. The number of nitrogens with zero attached hydrogens (tertiary/aromatic N) is 2. The van der Waals surface area contributed by atoms with Crippen molar-refractivity contribution in [3.05, 3.63) is 87.9 Å².